The highest BCUT2D eigenvalue weighted by molar-refractivity contribution is 6.06. The molecule has 0 bridgehead atoms. The van der Waals surface area contributed by atoms with Crippen LogP contribution in [0.2, 0.25) is 0 Å². The zero-order valence-electron chi connectivity index (χ0n) is 15.8. The van der Waals surface area contributed by atoms with Crippen LogP contribution in [0, 0.1) is 34.8 Å². The Morgan fingerprint density at radius 1 is 1.20 bits per heavy atom. The molecule has 0 radical (unpaired) electrons. The SMILES string of the molecule is O=C(NO)c1cc(-c2ccc(C#CC#CC3CC(O)C3)cc2)nc2cc[n+]([O-])cc12. The Labute approximate surface area is 172 Å². The zero-order chi connectivity index (χ0) is 21.1. The standard InChI is InChI=1S/C23H17N3O4/c27-18-11-16(12-18)4-2-1-3-15-5-7-17(8-6-15)22-13-19(23(28)25-29)20-14-26(30)10-9-21(20)24-22/h5-10,13-14,16,18,27,29H,11-12H2,(H,25,28). The van der Waals surface area contributed by atoms with Gasteiger partial charge in [-0.05, 0) is 42.9 Å². The average molecular weight is 399 g/mol. The largest absolute Gasteiger partial charge is 0.619 e. The van der Waals surface area contributed by atoms with Gasteiger partial charge in [0.2, 0.25) is 0 Å². The van der Waals surface area contributed by atoms with Crippen molar-refractivity contribution in [2.75, 3.05) is 0 Å². The molecule has 2 heterocycles. The number of carbonyl (C=O) groups is 1. The van der Waals surface area contributed by atoms with Gasteiger partial charge in [-0.15, -0.1) is 0 Å². The van der Waals surface area contributed by atoms with E-state index in [-0.39, 0.29) is 17.6 Å². The smallest absolute Gasteiger partial charge is 0.275 e. The second kappa shape index (κ2) is 8.22. The molecule has 0 atom stereocenters. The number of hydrogen-bond donors (Lipinski definition) is 3. The van der Waals surface area contributed by atoms with Gasteiger partial charge in [0.1, 0.15) is 0 Å². The van der Waals surface area contributed by atoms with Crippen molar-refractivity contribution >= 4 is 16.8 Å². The normalized spacial score (nSPS) is 17.1. The van der Waals surface area contributed by atoms with Gasteiger partial charge in [-0.25, -0.2) is 10.5 Å². The maximum atomic E-state index is 12.1. The fraction of sp³-hybridized carbons (Fsp3) is 0.174. The first kappa shape index (κ1) is 19.4. The van der Waals surface area contributed by atoms with Crippen molar-refractivity contribution in [3.63, 3.8) is 0 Å². The molecular weight excluding hydrogens is 382 g/mol. The van der Waals surface area contributed by atoms with Crippen LogP contribution in [0.5, 0.6) is 0 Å². The Balaban J connectivity index is 1.61. The molecule has 0 saturated heterocycles. The van der Waals surface area contributed by atoms with Crippen LogP contribution in [0.4, 0.5) is 0 Å². The van der Waals surface area contributed by atoms with Crippen LogP contribution in [-0.4, -0.2) is 27.3 Å². The van der Waals surface area contributed by atoms with Crippen LogP contribution < -0.4 is 10.2 Å². The number of rotatable bonds is 2. The van der Waals surface area contributed by atoms with Gasteiger partial charge >= 0.3 is 0 Å². The monoisotopic (exact) mass is 399 g/mol. The zero-order valence-corrected chi connectivity index (χ0v) is 15.8. The van der Waals surface area contributed by atoms with Gasteiger partial charge in [0.15, 0.2) is 12.4 Å². The number of hydrogen-bond acceptors (Lipinski definition) is 5. The highest BCUT2D eigenvalue weighted by Gasteiger charge is 2.24. The number of aromatic nitrogens is 2. The second-order valence-electron chi connectivity index (χ2n) is 7.02. The minimum Gasteiger partial charge on any atom is -0.619 e. The van der Waals surface area contributed by atoms with E-state index in [4.69, 9.17) is 5.21 Å². The van der Waals surface area contributed by atoms with Gasteiger partial charge in [-0.2, -0.15) is 4.73 Å². The summed E-state index contributed by atoms with van der Waals surface area (Å²) in [5.74, 6) is 11.1. The van der Waals surface area contributed by atoms with Crippen molar-refractivity contribution in [2.45, 2.75) is 18.9 Å². The molecule has 3 aromatic rings. The van der Waals surface area contributed by atoms with E-state index in [2.05, 4.69) is 28.7 Å². The first-order valence-corrected chi connectivity index (χ1v) is 9.31. The van der Waals surface area contributed by atoms with Gasteiger partial charge in [0.25, 0.3) is 5.91 Å². The van der Waals surface area contributed by atoms with Crippen molar-refractivity contribution < 1.29 is 19.8 Å². The number of nitrogens with one attached hydrogen (secondary N) is 1. The number of aliphatic hydroxyl groups excluding tert-OH is 1. The van der Waals surface area contributed by atoms with Gasteiger partial charge in [0, 0.05) is 23.1 Å². The lowest BCUT2D eigenvalue weighted by atomic mass is 9.83. The molecule has 0 aliphatic heterocycles. The number of amides is 1. The topological polar surface area (TPSA) is 109 Å². The van der Waals surface area contributed by atoms with Crippen LogP contribution >= 0.6 is 0 Å². The lowest BCUT2D eigenvalue weighted by Gasteiger charge is -2.26. The van der Waals surface area contributed by atoms with Crippen molar-refractivity contribution in [3.05, 3.63) is 65.1 Å². The lowest BCUT2D eigenvalue weighted by Crippen LogP contribution is -2.26. The molecule has 148 valence electrons. The van der Waals surface area contributed by atoms with Crippen LogP contribution in [0.3, 0.4) is 0 Å². The summed E-state index contributed by atoms with van der Waals surface area (Å²) in [6.07, 6.45) is 3.74. The van der Waals surface area contributed by atoms with Gasteiger partial charge in [-0.1, -0.05) is 24.0 Å². The maximum Gasteiger partial charge on any atom is 0.275 e. The molecule has 30 heavy (non-hydrogen) atoms. The number of hydroxylamine groups is 1. The first-order chi connectivity index (χ1) is 14.5. The number of fused-ring (bicyclic) bond motifs is 1. The van der Waals surface area contributed by atoms with E-state index in [1.165, 1.54) is 24.5 Å². The van der Waals surface area contributed by atoms with Crippen LogP contribution in [0.15, 0.2) is 48.8 Å². The van der Waals surface area contributed by atoms with Gasteiger partial charge in [-0.3, -0.25) is 10.0 Å². The number of carbonyl (C=O) groups excluding carboxylic acids is 1. The Kier molecular flexibility index (Phi) is 5.32. The fourth-order valence-electron chi connectivity index (χ4n) is 3.22. The summed E-state index contributed by atoms with van der Waals surface area (Å²) in [7, 11) is 0. The summed E-state index contributed by atoms with van der Waals surface area (Å²) in [6, 6.07) is 10.3. The minimum atomic E-state index is -0.727. The Morgan fingerprint density at radius 2 is 1.97 bits per heavy atom. The number of pyridine rings is 2. The third kappa shape index (κ3) is 4.08. The summed E-state index contributed by atoms with van der Waals surface area (Å²) in [5.41, 5.74) is 4.26. The first-order valence-electron chi connectivity index (χ1n) is 9.31. The Bertz CT molecular complexity index is 1240. The Hall–Kier alpha value is -3.91. The third-order valence-corrected chi connectivity index (χ3v) is 4.91. The molecular formula is C23H17N3O4. The van der Waals surface area contributed by atoms with E-state index in [0.717, 1.165) is 11.1 Å². The molecule has 1 aliphatic rings. The van der Waals surface area contributed by atoms with Crippen molar-refractivity contribution in [1.29, 1.82) is 0 Å². The van der Waals surface area contributed by atoms with Crippen LogP contribution in [0.25, 0.3) is 22.2 Å². The average Bonchev–Trinajstić information content (AvgIpc) is 2.74. The molecule has 1 aliphatic carbocycles. The van der Waals surface area contributed by atoms with E-state index in [1.54, 1.807) is 5.48 Å². The molecule has 1 aromatic carbocycles. The molecule has 0 spiro atoms. The molecule has 4 rings (SSSR count). The molecule has 2 aromatic heterocycles. The van der Waals surface area contributed by atoms with E-state index in [9.17, 15) is 15.1 Å². The number of nitrogens with zero attached hydrogens (tertiary/aromatic N) is 2. The van der Waals surface area contributed by atoms with Crippen LogP contribution in [0.1, 0.15) is 28.8 Å². The summed E-state index contributed by atoms with van der Waals surface area (Å²) in [6.45, 7) is 0. The van der Waals surface area contributed by atoms with Crippen molar-refractivity contribution in [1.82, 2.24) is 10.5 Å². The number of benzene rings is 1. The predicted molar refractivity (Wildman–Crippen MR) is 109 cm³/mol. The molecule has 7 heteroatoms. The van der Waals surface area contributed by atoms with E-state index >= 15 is 0 Å². The predicted octanol–water partition coefficient (Wildman–Crippen LogP) is 1.78. The van der Waals surface area contributed by atoms with Crippen molar-refractivity contribution in [3.8, 4) is 34.9 Å². The summed E-state index contributed by atoms with van der Waals surface area (Å²) in [4.78, 5) is 16.6. The fourth-order valence-corrected chi connectivity index (χ4v) is 3.22. The lowest BCUT2D eigenvalue weighted by molar-refractivity contribution is -0.603. The maximum absolute atomic E-state index is 12.1. The van der Waals surface area contributed by atoms with Gasteiger partial charge in [0.05, 0.1) is 28.3 Å². The van der Waals surface area contributed by atoms with E-state index in [1.807, 2.05) is 24.3 Å². The minimum absolute atomic E-state index is 0.142. The highest BCUT2D eigenvalue weighted by Crippen LogP contribution is 2.26. The van der Waals surface area contributed by atoms with Gasteiger partial charge < -0.3 is 10.3 Å². The van der Waals surface area contributed by atoms with E-state index < -0.39 is 5.91 Å². The molecule has 0 unspecified atom stereocenters. The van der Waals surface area contributed by atoms with E-state index in [0.29, 0.717) is 34.2 Å². The summed E-state index contributed by atoms with van der Waals surface area (Å²) < 4.78 is 0.571. The number of aliphatic hydroxyl groups is 1. The van der Waals surface area contributed by atoms with Crippen molar-refractivity contribution in [2.24, 2.45) is 5.92 Å². The molecule has 1 saturated carbocycles. The molecule has 1 amide bonds. The quantitative estimate of drug-likeness (QED) is 0.200. The molecule has 3 N–H and O–H groups in total. The second-order valence-corrected chi connectivity index (χ2v) is 7.02. The third-order valence-electron chi connectivity index (χ3n) is 4.91. The summed E-state index contributed by atoms with van der Waals surface area (Å²) >= 11 is 0. The molecule has 1 fully saturated rings. The Morgan fingerprint density at radius 3 is 2.67 bits per heavy atom. The molecule has 7 nitrogen and oxygen atoms in total. The summed E-state index contributed by atoms with van der Waals surface area (Å²) in [5, 5.41) is 30.2. The van der Waals surface area contributed by atoms with Crippen LogP contribution in [-0.2, 0) is 0 Å². The highest BCUT2D eigenvalue weighted by atomic mass is 16.5.